The molecule has 0 bridgehead atoms. The zero-order chi connectivity index (χ0) is 18.5. The normalized spacial score (nSPS) is 14.1. The van der Waals surface area contributed by atoms with E-state index in [1.54, 1.807) is 36.4 Å². The third-order valence-electron chi connectivity index (χ3n) is 4.09. The highest BCUT2D eigenvalue weighted by molar-refractivity contribution is 6.21. The van der Waals surface area contributed by atoms with Crippen LogP contribution in [0.4, 0.5) is 0 Å². The summed E-state index contributed by atoms with van der Waals surface area (Å²) in [5.41, 5.74) is 0.755. The van der Waals surface area contributed by atoms with Crippen molar-refractivity contribution in [2.24, 2.45) is 0 Å². The Balaban J connectivity index is 1.54. The fourth-order valence-corrected chi connectivity index (χ4v) is 2.73. The summed E-state index contributed by atoms with van der Waals surface area (Å²) < 4.78 is 10.8. The van der Waals surface area contributed by atoms with E-state index in [9.17, 15) is 14.4 Å². The number of nitrogens with zero attached hydrogens (tertiary/aromatic N) is 1. The van der Waals surface area contributed by atoms with Crippen LogP contribution in [0.2, 0.25) is 0 Å². The van der Waals surface area contributed by atoms with Crippen molar-refractivity contribution in [1.82, 2.24) is 4.90 Å². The van der Waals surface area contributed by atoms with E-state index in [0.717, 1.165) is 4.90 Å². The van der Waals surface area contributed by atoms with E-state index in [4.69, 9.17) is 9.47 Å². The molecule has 134 valence electrons. The lowest BCUT2D eigenvalue weighted by atomic mass is 10.1. The smallest absolute Gasteiger partial charge is 0.347 e. The minimum absolute atomic E-state index is 0.0137. The van der Waals surface area contributed by atoms with Crippen LogP contribution in [-0.4, -0.2) is 41.9 Å². The molecule has 2 aromatic carbocycles. The van der Waals surface area contributed by atoms with Gasteiger partial charge in [-0.3, -0.25) is 14.5 Å². The number of esters is 1. The average Bonchev–Trinajstić information content (AvgIpc) is 2.92. The van der Waals surface area contributed by atoms with Crippen molar-refractivity contribution in [3.63, 3.8) is 0 Å². The Labute approximate surface area is 151 Å². The van der Waals surface area contributed by atoms with Crippen LogP contribution in [0.5, 0.6) is 5.75 Å². The van der Waals surface area contributed by atoms with Crippen molar-refractivity contribution < 1.29 is 23.9 Å². The van der Waals surface area contributed by atoms with E-state index < -0.39 is 12.1 Å². The van der Waals surface area contributed by atoms with E-state index in [1.165, 1.54) is 0 Å². The quantitative estimate of drug-likeness (QED) is 0.565. The Hall–Kier alpha value is -3.15. The Kier molecular flexibility index (Phi) is 5.31. The van der Waals surface area contributed by atoms with Gasteiger partial charge in [-0.05, 0) is 30.7 Å². The number of carbonyl (C=O) groups is 3. The SMILES string of the molecule is CC[C@@H](Oc1ccccc1)C(=O)OCCN1C(=O)c2ccccc2C1=O. The summed E-state index contributed by atoms with van der Waals surface area (Å²) in [6, 6.07) is 15.6. The zero-order valence-corrected chi connectivity index (χ0v) is 14.4. The molecule has 0 radical (unpaired) electrons. The summed E-state index contributed by atoms with van der Waals surface area (Å²) >= 11 is 0. The topological polar surface area (TPSA) is 72.9 Å². The van der Waals surface area contributed by atoms with E-state index >= 15 is 0 Å². The van der Waals surface area contributed by atoms with Gasteiger partial charge in [0.2, 0.25) is 0 Å². The van der Waals surface area contributed by atoms with Gasteiger partial charge in [-0.1, -0.05) is 37.3 Å². The first-order chi connectivity index (χ1) is 12.6. The van der Waals surface area contributed by atoms with Gasteiger partial charge in [-0.2, -0.15) is 0 Å². The Morgan fingerprint density at radius 3 is 2.12 bits per heavy atom. The summed E-state index contributed by atoms with van der Waals surface area (Å²) in [6.45, 7) is 1.76. The van der Waals surface area contributed by atoms with Gasteiger partial charge in [0.1, 0.15) is 12.4 Å². The van der Waals surface area contributed by atoms with Crippen LogP contribution in [0, 0.1) is 0 Å². The van der Waals surface area contributed by atoms with Crippen molar-refractivity contribution in [3.8, 4) is 5.75 Å². The molecule has 1 aliphatic heterocycles. The van der Waals surface area contributed by atoms with Crippen LogP contribution in [0.1, 0.15) is 34.1 Å². The standard InChI is InChI=1S/C20H19NO5/c1-2-17(26-14-8-4-3-5-9-14)20(24)25-13-12-21-18(22)15-10-6-7-11-16(15)19(21)23/h3-11,17H,2,12-13H2,1H3/t17-/m1/s1. The number of hydrogen-bond acceptors (Lipinski definition) is 5. The second kappa shape index (κ2) is 7.82. The molecule has 0 N–H and O–H groups in total. The number of carbonyl (C=O) groups excluding carboxylic acids is 3. The number of ether oxygens (including phenoxy) is 2. The number of imide groups is 1. The van der Waals surface area contributed by atoms with E-state index in [0.29, 0.717) is 23.3 Å². The molecule has 0 fully saturated rings. The van der Waals surface area contributed by atoms with Gasteiger partial charge in [-0.25, -0.2) is 4.79 Å². The molecule has 1 atom stereocenters. The molecule has 6 heteroatoms. The largest absolute Gasteiger partial charge is 0.479 e. The molecular weight excluding hydrogens is 334 g/mol. The maximum atomic E-state index is 12.3. The fraction of sp³-hybridized carbons (Fsp3) is 0.250. The van der Waals surface area contributed by atoms with Crippen molar-refractivity contribution in [1.29, 1.82) is 0 Å². The van der Waals surface area contributed by atoms with Gasteiger partial charge in [0.15, 0.2) is 6.10 Å². The molecule has 0 saturated carbocycles. The fourth-order valence-electron chi connectivity index (χ4n) is 2.73. The Morgan fingerprint density at radius 1 is 0.962 bits per heavy atom. The summed E-state index contributed by atoms with van der Waals surface area (Å²) in [5, 5.41) is 0. The number of para-hydroxylation sites is 1. The van der Waals surface area contributed by atoms with Gasteiger partial charge in [-0.15, -0.1) is 0 Å². The molecule has 1 heterocycles. The molecule has 2 aromatic rings. The van der Waals surface area contributed by atoms with Crippen LogP contribution < -0.4 is 4.74 Å². The van der Waals surface area contributed by atoms with Crippen molar-refractivity contribution >= 4 is 17.8 Å². The first-order valence-corrected chi connectivity index (χ1v) is 8.45. The molecule has 0 aromatic heterocycles. The molecule has 0 spiro atoms. The van der Waals surface area contributed by atoms with Crippen molar-refractivity contribution in [3.05, 3.63) is 65.7 Å². The molecule has 2 amide bonds. The predicted octanol–water partition coefficient (Wildman–Crippen LogP) is 2.68. The van der Waals surface area contributed by atoms with Gasteiger partial charge >= 0.3 is 5.97 Å². The van der Waals surface area contributed by atoms with Crippen molar-refractivity contribution in [2.45, 2.75) is 19.4 Å². The molecule has 3 rings (SSSR count). The third kappa shape index (κ3) is 3.59. The van der Waals surface area contributed by atoms with E-state index in [-0.39, 0.29) is 25.0 Å². The van der Waals surface area contributed by atoms with Gasteiger partial charge < -0.3 is 9.47 Å². The van der Waals surface area contributed by atoms with Crippen LogP contribution in [0.25, 0.3) is 0 Å². The summed E-state index contributed by atoms with van der Waals surface area (Å²) in [4.78, 5) is 37.8. The summed E-state index contributed by atoms with van der Waals surface area (Å²) in [7, 11) is 0. The number of fused-ring (bicyclic) bond motifs is 1. The lowest BCUT2D eigenvalue weighted by Gasteiger charge is -2.18. The first kappa shape index (κ1) is 17.7. The van der Waals surface area contributed by atoms with Crippen LogP contribution in [0.15, 0.2) is 54.6 Å². The molecule has 0 unspecified atom stereocenters. The lowest BCUT2D eigenvalue weighted by molar-refractivity contribution is -0.152. The molecule has 0 aliphatic carbocycles. The molecule has 26 heavy (non-hydrogen) atoms. The van der Waals surface area contributed by atoms with Crippen LogP contribution in [-0.2, 0) is 9.53 Å². The highest BCUT2D eigenvalue weighted by Crippen LogP contribution is 2.22. The second-order valence-corrected chi connectivity index (χ2v) is 5.80. The number of benzene rings is 2. The van der Waals surface area contributed by atoms with Crippen molar-refractivity contribution in [2.75, 3.05) is 13.2 Å². The molecule has 6 nitrogen and oxygen atoms in total. The highest BCUT2D eigenvalue weighted by Gasteiger charge is 2.35. The minimum atomic E-state index is -0.737. The van der Waals surface area contributed by atoms with Crippen LogP contribution >= 0.6 is 0 Å². The summed E-state index contributed by atoms with van der Waals surface area (Å²) in [5.74, 6) is -0.673. The zero-order valence-electron chi connectivity index (χ0n) is 14.4. The monoisotopic (exact) mass is 353 g/mol. The molecular formula is C20H19NO5. The van der Waals surface area contributed by atoms with Gasteiger partial charge in [0, 0.05) is 0 Å². The number of hydrogen-bond donors (Lipinski definition) is 0. The first-order valence-electron chi connectivity index (χ1n) is 8.45. The second-order valence-electron chi connectivity index (χ2n) is 5.80. The maximum Gasteiger partial charge on any atom is 0.347 e. The lowest BCUT2D eigenvalue weighted by Crippen LogP contribution is -2.35. The number of rotatable bonds is 7. The van der Waals surface area contributed by atoms with E-state index in [2.05, 4.69) is 0 Å². The van der Waals surface area contributed by atoms with Gasteiger partial charge in [0.25, 0.3) is 11.8 Å². The van der Waals surface area contributed by atoms with E-state index in [1.807, 2.05) is 25.1 Å². The molecule has 1 aliphatic rings. The average molecular weight is 353 g/mol. The Morgan fingerprint density at radius 2 is 1.54 bits per heavy atom. The van der Waals surface area contributed by atoms with Gasteiger partial charge in [0.05, 0.1) is 17.7 Å². The molecule has 0 saturated heterocycles. The third-order valence-corrected chi connectivity index (χ3v) is 4.09. The highest BCUT2D eigenvalue weighted by atomic mass is 16.6. The predicted molar refractivity (Wildman–Crippen MR) is 93.9 cm³/mol. The Bertz CT molecular complexity index is 783. The summed E-state index contributed by atoms with van der Waals surface area (Å²) in [6.07, 6.45) is -0.291. The van der Waals surface area contributed by atoms with Crippen LogP contribution in [0.3, 0.4) is 0 Å². The minimum Gasteiger partial charge on any atom is -0.479 e. The number of amides is 2. The maximum absolute atomic E-state index is 12.3.